The van der Waals surface area contributed by atoms with Crippen LogP contribution in [0.25, 0.3) is 0 Å². The molecule has 0 aliphatic heterocycles. The van der Waals surface area contributed by atoms with E-state index in [9.17, 15) is 5.11 Å². The summed E-state index contributed by atoms with van der Waals surface area (Å²) in [7, 11) is 0. The minimum atomic E-state index is -0.342. The third-order valence-corrected chi connectivity index (χ3v) is 6.44. The van der Waals surface area contributed by atoms with Gasteiger partial charge in [-0.3, -0.25) is 0 Å². The highest BCUT2D eigenvalue weighted by atomic mass is 16.3. The van der Waals surface area contributed by atoms with Crippen LogP contribution in [0.4, 0.5) is 0 Å². The van der Waals surface area contributed by atoms with Gasteiger partial charge in [-0.2, -0.15) is 0 Å². The van der Waals surface area contributed by atoms with Gasteiger partial charge in [0.1, 0.15) is 0 Å². The molecule has 1 nitrogen and oxygen atoms in total. The van der Waals surface area contributed by atoms with Gasteiger partial charge in [-0.05, 0) is 62.7 Å². The number of aliphatic hydroxyl groups is 1. The molecule has 2 saturated carbocycles. The lowest BCUT2D eigenvalue weighted by Crippen LogP contribution is -2.52. The van der Waals surface area contributed by atoms with Gasteiger partial charge in [0, 0.05) is 0 Å². The highest BCUT2D eigenvalue weighted by Crippen LogP contribution is 2.49. The summed E-state index contributed by atoms with van der Waals surface area (Å²) in [5.41, 5.74) is -0.342. The number of hydrogen-bond donors (Lipinski definition) is 1. The summed E-state index contributed by atoms with van der Waals surface area (Å²) in [6.07, 6.45) is 21.5. The Bertz CT molecular complexity index is 303. The van der Waals surface area contributed by atoms with Crippen LogP contribution in [0.1, 0.15) is 83.5 Å². The first-order valence-corrected chi connectivity index (χ1v) is 9.19. The van der Waals surface area contributed by atoms with E-state index in [0.717, 1.165) is 6.42 Å². The Hall–Kier alpha value is -0.300. The molecule has 20 heavy (non-hydrogen) atoms. The maximum atomic E-state index is 11.9. The quantitative estimate of drug-likeness (QED) is 0.699. The van der Waals surface area contributed by atoms with Crippen molar-refractivity contribution in [1.29, 1.82) is 0 Å². The Balaban J connectivity index is 1.81. The molecule has 1 atom stereocenters. The molecule has 0 heterocycles. The van der Waals surface area contributed by atoms with Gasteiger partial charge in [0.25, 0.3) is 0 Å². The van der Waals surface area contributed by atoms with Crippen LogP contribution in [0.2, 0.25) is 0 Å². The standard InChI is InChI=1S/C19H32O/c20-19(16-10-4-1-5-11-16,17-12-6-2-7-13-17)18-14-8-3-9-15-18/h1,4,16-18,20H,2-3,5-15H2. The Morgan fingerprint density at radius 1 is 0.650 bits per heavy atom. The van der Waals surface area contributed by atoms with Crippen molar-refractivity contribution in [2.45, 2.75) is 89.1 Å². The van der Waals surface area contributed by atoms with E-state index in [2.05, 4.69) is 12.2 Å². The van der Waals surface area contributed by atoms with Gasteiger partial charge in [-0.15, -0.1) is 0 Å². The molecule has 0 amide bonds. The molecule has 1 heteroatoms. The zero-order chi connectivity index (χ0) is 13.8. The average molecular weight is 276 g/mol. The van der Waals surface area contributed by atoms with Gasteiger partial charge < -0.3 is 5.11 Å². The van der Waals surface area contributed by atoms with Gasteiger partial charge >= 0.3 is 0 Å². The van der Waals surface area contributed by atoms with E-state index in [4.69, 9.17) is 0 Å². The predicted molar refractivity (Wildman–Crippen MR) is 84.6 cm³/mol. The highest BCUT2D eigenvalue weighted by molar-refractivity contribution is 5.04. The molecule has 0 bridgehead atoms. The van der Waals surface area contributed by atoms with E-state index >= 15 is 0 Å². The van der Waals surface area contributed by atoms with E-state index in [1.807, 2.05) is 0 Å². The van der Waals surface area contributed by atoms with Crippen LogP contribution >= 0.6 is 0 Å². The zero-order valence-corrected chi connectivity index (χ0v) is 13.0. The smallest absolute Gasteiger partial charge is 0.0734 e. The molecule has 3 aliphatic rings. The Morgan fingerprint density at radius 2 is 1.20 bits per heavy atom. The van der Waals surface area contributed by atoms with E-state index < -0.39 is 0 Å². The van der Waals surface area contributed by atoms with Crippen molar-refractivity contribution in [1.82, 2.24) is 0 Å². The number of hydrogen-bond acceptors (Lipinski definition) is 1. The largest absolute Gasteiger partial charge is 0.389 e. The van der Waals surface area contributed by atoms with Crippen molar-refractivity contribution in [3.05, 3.63) is 12.2 Å². The molecule has 0 aromatic carbocycles. The third kappa shape index (κ3) is 2.84. The monoisotopic (exact) mass is 276 g/mol. The van der Waals surface area contributed by atoms with Gasteiger partial charge in [-0.1, -0.05) is 50.7 Å². The fourth-order valence-electron chi connectivity index (χ4n) is 5.34. The SMILES string of the molecule is OC(C1CC=CCC1)(C1CCCCC1)C1CCCCC1. The summed E-state index contributed by atoms with van der Waals surface area (Å²) < 4.78 is 0. The topological polar surface area (TPSA) is 20.2 Å². The van der Waals surface area contributed by atoms with Crippen molar-refractivity contribution in [2.24, 2.45) is 17.8 Å². The summed E-state index contributed by atoms with van der Waals surface area (Å²) in [5.74, 6) is 1.73. The minimum Gasteiger partial charge on any atom is -0.389 e. The fraction of sp³-hybridized carbons (Fsp3) is 0.895. The fourth-order valence-corrected chi connectivity index (χ4v) is 5.34. The van der Waals surface area contributed by atoms with Crippen molar-refractivity contribution < 1.29 is 5.11 Å². The average Bonchev–Trinajstić information content (AvgIpc) is 2.56. The Labute approximate surface area is 124 Å². The van der Waals surface area contributed by atoms with Crippen LogP contribution < -0.4 is 0 Å². The highest BCUT2D eigenvalue weighted by Gasteiger charge is 2.48. The molecule has 1 unspecified atom stereocenters. The lowest BCUT2D eigenvalue weighted by molar-refractivity contribution is -0.136. The number of rotatable bonds is 3. The van der Waals surface area contributed by atoms with Crippen molar-refractivity contribution in [3.63, 3.8) is 0 Å². The molecule has 0 radical (unpaired) electrons. The van der Waals surface area contributed by atoms with Gasteiger partial charge in [0.15, 0.2) is 0 Å². The first kappa shape index (κ1) is 14.6. The molecule has 0 spiro atoms. The van der Waals surface area contributed by atoms with Crippen LogP contribution in [0.15, 0.2) is 12.2 Å². The van der Waals surface area contributed by atoms with E-state index in [1.54, 1.807) is 0 Å². The summed E-state index contributed by atoms with van der Waals surface area (Å²) in [6.45, 7) is 0. The molecular formula is C19H32O. The summed E-state index contributed by atoms with van der Waals surface area (Å²) in [6, 6.07) is 0. The normalized spacial score (nSPS) is 30.6. The van der Waals surface area contributed by atoms with Crippen LogP contribution in [0, 0.1) is 17.8 Å². The second-order valence-corrected chi connectivity index (χ2v) is 7.54. The van der Waals surface area contributed by atoms with Crippen molar-refractivity contribution in [3.8, 4) is 0 Å². The molecule has 2 fully saturated rings. The maximum Gasteiger partial charge on any atom is 0.0734 e. The Morgan fingerprint density at radius 3 is 1.65 bits per heavy atom. The third-order valence-electron chi connectivity index (χ3n) is 6.44. The molecule has 0 saturated heterocycles. The molecule has 3 rings (SSSR count). The second kappa shape index (κ2) is 6.64. The molecule has 0 aromatic rings. The van der Waals surface area contributed by atoms with Gasteiger partial charge in [-0.25, -0.2) is 0 Å². The zero-order valence-electron chi connectivity index (χ0n) is 13.0. The summed E-state index contributed by atoms with van der Waals surface area (Å²) >= 11 is 0. The van der Waals surface area contributed by atoms with E-state index in [1.165, 1.54) is 77.0 Å². The molecule has 114 valence electrons. The van der Waals surface area contributed by atoms with Crippen LogP contribution in [0.5, 0.6) is 0 Å². The molecular weight excluding hydrogens is 244 g/mol. The molecule has 3 aliphatic carbocycles. The number of allylic oxidation sites excluding steroid dienone is 2. The second-order valence-electron chi connectivity index (χ2n) is 7.54. The van der Waals surface area contributed by atoms with Gasteiger partial charge in [0.2, 0.25) is 0 Å². The van der Waals surface area contributed by atoms with E-state index in [0.29, 0.717) is 17.8 Å². The molecule has 0 aromatic heterocycles. The Kier molecular flexibility index (Phi) is 4.86. The first-order chi connectivity index (χ1) is 9.82. The lowest BCUT2D eigenvalue weighted by Gasteiger charge is -2.50. The van der Waals surface area contributed by atoms with Crippen LogP contribution in [-0.4, -0.2) is 10.7 Å². The van der Waals surface area contributed by atoms with Crippen molar-refractivity contribution in [2.75, 3.05) is 0 Å². The maximum absolute atomic E-state index is 11.9. The summed E-state index contributed by atoms with van der Waals surface area (Å²) in [5, 5.41) is 11.9. The summed E-state index contributed by atoms with van der Waals surface area (Å²) in [4.78, 5) is 0. The van der Waals surface area contributed by atoms with Crippen LogP contribution in [-0.2, 0) is 0 Å². The predicted octanol–water partition coefficient (Wildman–Crippen LogP) is 5.23. The van der Waals surface area contributed by atoms with E-state index in [-0.39, 0.29) is 5.60 Å². The lowest BCUT2D eigenvalue weighted by atomic mass is 9.59. The van der Waals surface area contributed by atoms with Gasteiger partial charge in [0.05, 0.1) is 5.60 Å². The molecule has 1 N–H and O–H groups in total. The van der Waals surface area contributed by atoms with Crippen molar-refractivity contribution >= 4 is 0 Å². The minimum absolute atomic E-state index is 0.342. The first-order valence-electron chi connectivity index (χ1n) is 9.19. The van der Waals surface area contributed by atoms with Crippen LogP contribution in [0.3, 0.4) is 0 Å².